The summed E-state index contributed by atoms with van der Waals surface area (Å²) in [6.45, 7) is 1.16. The number of aromatic nitrogens is 1. The van der Waals surface area contributed by atoms with E-state index in [0.29, 0.717) is 22.2 Å². The minimum atomic E-state index is -2.51. The van der Waals surface area contributed by atoms with Crippen molar-refractivity contribution in [3.05, 3.63) is 23.9 Å². The van der Waals surface area contributed by atoms with Gasteiger partial charge in [-0.1, -0.05) is 12.1 Å². The Morgan fingerprint density at radius 2 is 2.12 bits per heavy atom. The average molecular weight is 226 g/mol. The zero-order valence-electron chi connectivity index (χ0n) is 8.74. The second-order valence-corrected chi connectivity index (χ2v) is 3.68. The fourth-order valence-electron chi connectivity index (χ4n) is 1.92. The van der Waals surface area contributed by atoms with E-state index in [4.69, 9.17) is 5.73 Å². The van der Waals surface area contributed by atoms with E-state index in [9.17, 15) is 13.9 Å². The zero-order chi connectivity index (χ0) is 11.9. The molecule has 1 heterocycles. The fourth-order valence-corrected chi connectivity index (χ4v) is 1.92. The number of nitrogens with zero attached hydrogens (tertiary/aromatic N) is 1. The van der Waals surface area contributed by atoms with Gasteiger partial charge >= 0.3 is 0 Å². The summed E-state index contributed by atoms with van der Waals surface area (Å²) in [6, 6.07) is 5.12. The van der Waals surface area contributed by atoms with Gasteiger partial charge in [0.15, 0.2) is 0 Å². The molecule has 0 amide bonds. The Bertz CT molecular complexity index is 534. The molecule has 2 rings (SSSR count). The lowest BCUT2D eigenvalue weighted by atomic mass is 10.1. The van der Waals surface area contributed by atoms with Crippen molar-refractivity contribution in [3.8, 4) is 5.88 Å². The van der Waals surface area contributed by atoms with Gasteiger partial charge in [-0.25, -0.2) is 8.78 Å². The molecule has 3 nitrogen and oxygen atoms in total. The summed E-state index contributed by atoms with van der Waals surface area (Å²) in [7, 11) is 0. The van der Waals surface area contributed by atoms with Crippen LogP contribution in [-0.2, 0) is 6.54 Å². The molecule has 0 aliphatic carbocycles. The summed E-state index contributed by atoms with van der Waals surface area (Å²) in [5, 5.41) is 11.0. The van der Waals surface area contributed by atoms with Crippen LogP contribution in [0.2, 0.25) is 0 Å². The van der Waals surface area contributed by atoms with Gasteiger partial charge in [-0.15, -0.1) is 0 Å². The molecule has 16 heavy (non-hydrogen) atoms. The first kappa shape index (κ1) is 10.7. The van der Waals surface area contributed by atoms with Crippen molar-refractivity contribution in [2.75, 3.05) is 5.73 Å². The predicted octanol–water partition coefficient (Wildman–Crippen LogP) is 2.50. The van der Waals surface area contributed by atoms with Crippen molar-refractivity contribution in [1.82, 2.24) is 4.57 Å². The van der Waals surface area contributed by atoms with Gasteiger partial charge in [0.05, 0.1) is 11.9 Å². The molecule has 0 bridgehead atoms. The largest absolute Gasteiger partial charge is 0.494 e. The molecule has 3 N–H and O–H groups in total. The maximum Gasteiger partial charge on any atom is 0.256 e. The fraction of sp³-hybridized carbons (Fsp3) is 0.273. The minimum absolute atomic E-state index is 0.189. The number of rotatable bonds is 2. The number of anilines is 1. The van der Waals surface area contributed by atoms with Crippen LogP contribution in [0.5, 0.6) is 5.88 Å². The van der Waals surface area contributed by atoms with Crippen molar-refractivity contribution in [2.24, 2.45) is 0 Å². The molecule has 1 aromatic carbocycles. The highest BCUT2D eigenvalue weighted by Gasteiger charge is 2.17. The van der Waals surface area contributed by atoms with E-state index in [-0.39, 0.29) is 5.88 Å². The highest BCUT2D eigenvalue weighted by Crippen LogP contribution is 2.35. The van der Waals surface area contributed by atoms with Crippen LogP contribution in [0.15, 0.2) is 18.2 Å². The lowest BCUT2D eigenvalue weighted by Crippen LogP contribution is -2.07. The van der Waals surface area contributed by atoms with E-state index in [1.807, 2.05) is 0 Å². The SMILES string of the molecule is Cc1c2cccc(N)c2c(O)n1CC(F)F. The molecule has 0 radical (unpaired) electrons. The van der Waals surface area contributed by atoms with Gasteiger partial charge in [-0.05, 0) is 13.0 Å². The Hall–Kier alpha value is -1.78. The van der Waals surface area contributed by atoms with Gasteiger partial charge in [-0.2, -0.15) is 0 Å². The first-order valence-electron chi connectivity index (χ1n) is 4.86. The number of nitrogen functional groups attached to an aromatic ring is 1. The van der Waals surface area contributed by atoms with Crippen LogP contribution < -0.4 is 5.73 Å². The minimum Gasteiger partial charge on any atom is -0.494 e. The van der Waals surface area contributed by atoms with Crippen LogP contribution in [-0.4, -0.2) is 16.1 Å². The maximum absolute atomic E-state index is 12.3. The van der Waals surface area contributed by atoms with Gasteiger partial charge in [0.25, 0.3) is 6.43 Å². The van der Waals surface area contributed by atoms with Gasteiger partial charge in [0, 0.05) is 16.8 Å². The molecule has 0 fully saturated rings. The Morgan fingerprint density at radius 3 is 2.69 bits per heavy atom. The van der Waals surface area contributed by atoms with Gasteiger partial charge in [0.2, 0.25) is 5.88 Å². The second kappa shape index (κ2) is 3.66. The van der Waals surface area contributed by atoms with Crippen LogP contribution in [0.4, 0.5) is 14.5 Å². The predicted molar refractivity (Wildman–Crippen MR) is 58.8 cm³/mol. The van der Waals surface area contributed by atoms with Crippen molar-refractivity contribution in [3.63, 3.8) is 0 Å². The summed E-state index contributed by atoms with van der Waals surface area (Å²) in [4.78, 5) is 0. The molecular formula is C11H12F2N2O. The summed E-state index contributed by atoms with van der Waals surface area (Å²) >= 11 is 0. The first-order chi connectivity index (χ1) is 7.52. The number of aromatic hydroxyl groups is 1. The van der Waals surface area contributed by atoms with Gasteiger partial charge < -0.3 is 15.4 Å². The van der Waals surface area contributed by atoms with Crippen LogP contribution in [0.3, 0.4) is 0 Å². The van der Waals surface area contributed by atoms with E-state index < -0.39 is 13.0 Å². The van der Waals surface area contributed by atoms with E-state index in [1.165, 1.54) is 4.57 Å². The average Bonchev–Trinajstić information content (AvgIpc) is 2.44. The highest BCUT2D eigenvalue weighted by molar-refractivity contribution is 5.99. The van der Waals surface area contributed by atoms with Crippen LogP contribution in [0.25, 0.3) is 10.8 Å². The molecule has 0 aliphatic rings. The van der Waals surface area contributed by atoms with Crippen molar-refractivity contribution in [1.29, 1.82) is 0 Å². The molecule has 0 aliphatic heterocycles. The second-order valence-electron chi connectivity index (χ2n) is 3.68. The molecule has 0 saturated carbocycles. The van der Waals surface area contributed by atoms with E-state index in [2.05, 4.69) is 0 Å². The normalized spacial score (nSPS) is 11.5. The maximum atomic E-state index is 12.3. The molecule has 0 atom stereocenters. The number of alkyl halides is 2. The Kier molecular flexibility index (Phi) is 2.46. The van der Waals surface area contributed by atoms with Crippen molar-refractivity contribution >= 4 is 16.5 Å². The lowest BCUT2D eigenvalue weighted by Gasteiger charge is -2.06. The third kappa shape index (κ3) is 1.48. The van der Waals surface area contributed by atoms with Crippen LogP contribution >= 0.6 is 0 Å². The van der Waals surface area contributed by atoms with E-state index >= 15 is 0 Å². The standard InChI is InChI=1S/C11H12F2N2O/c1-6-7-3-2-4-8(14)10(7)11(16)15(6)5-9(12)13/h2-4,9,16H,5,14H2,1H3. The summed E-state index contributed by atoms with van der Waals surface area (Å²) < 4.78 is 25.9. The number of halogens is 2. The monoisotopic (exact) mass is 226 g/mol. The summed E-state index contributed by atoms with van der Waals surface area (Å²) in [6.07, 6.45) is -2.51. The molecule has 0 saturated heterocycles. The Morgan fingerprint density at radius 1 is 1.44 bits per heavy atom. The van der Waals surface area contributed by atoms with E-state index in [1.54, 1.807) is 25.1 Å². The van der Waals surface area contributed by atoms with E-state index in [0.717, 1.165) is 0 Å². The third-order valence-electron chi connectivity index (χ3n) is 2.69. The molecular weight excluding hydrogens is 214 g/mol. The van der Waals surface area contributed by atoms with Crippen LogP contribution in [0.1, 0.15) is 5.69 Å². The number of hydrogen-bond acceptors (Lipinski definition) is 2. The molecule has 1 aromatic heterocycles. The summed E-state index contributed by atoms with van der Waals surface area (Å²) in [5.41, 5.74) is 6.70. The molecule has 2 aromatic rings. The number of benzene rings is 1. The number of hydrogen-bond donors (Lipinski definition) is 2. The molecule has 0 spiro atoms. The zero-order valence-corrected chi connectivity index (χ0v) is 8.74. The van der Waals surface area contributed by atoms with Crippen LogP contribution in [0, 0.1) is 6.92 Å². The smallest absolute Gasteiger partial charge is 0.256 e. The third-order valence-corrected chi connectivity index (χ3v) is 2.69. The molecule has 86 valence electrons. The van der Waals surface area contributed by atoms with Crippen molar-refractivity contribution in [2.45, 2.75) is 19.9 Å². The first-order valence-corrected chi connectivity index (χ1v) is 4.86. The Balaban J connectivity index is 2.72. The highest BCUT2D eigenvalue weighted by atomic mass is 19.3. The molecule has 5 heteroatoms. The number of fused-ring (bicyclic) bond motifs is 1. The molecule has 0 unspecified atom stereocenters. The number of aryl methyl sites for hydroxylation is 1. The lowest BCUT2D eigenvalue weighted by molar-refractivity contribution is 0.122. The van der Waals surface area contributed by atoms with Gasteiger partial charge in [-0.3, -0.25) is 0 Å². The number of nitrogens with two attached hydrogens (primary N) is 1. The topological polar surface area (TPSA) is 51.2 Å². The van der Waals surface area contributed by atoms with Crippen molar-refractivity contribution < 1.29 is 13.9 Å². The summed E-state index contributed by atoms with van der Waals surface area (Å²) in [5.74, 6) is -0.189. The Labute approximate surface area is 91.1 Å². The quantitative estimate of drug-likeness (QED) is 0.773. The van der Waals surface area contributed by atoms with Gasteiger partial charge in [0.1, 0.15) is 0 Å².